The van der Waals surface area contributed by atoms with Gasteiger partial charge >= 0.3 is 5.97 Å². The lowest BCUT2D eigenvalue weighted by Gasteiger charge is -2.25. The summed E-state index contributed by atoms with van der Waals surface area (Å²) in [6.45, 7) is 2.40. The molecule has 0 saturated heterocycles. The Morgan fingerprint density at radius 2 is 1.88 bits per heavy atom. The molecular formula is C31H40N6O3. The number of anilines is 2. The maximum absolute atomic E-state index is 12.5. The van der Waals surface area contributed by atoms with E-state index in [9.17, 15) is 14.7 Å². The number of aliphatic carboxylic acids is 1. The van der Waals surface area contributed by atoms with Gasteiger partial charge in [0.2, 0.25) is 5.91 Å². The summed E-state index contributed by atoms with van der Waals surface area (Å²) in [7, 11) is 3.48. The number of carboxylic acid groups (broad SMARTS) is 1. The van der Waals surface area contributed by atoms with Gasteiger partial charge in [0.05, 0.1) is 6.54 Å². The van der Waals surface area contributed by atoms with E-state index in [-0.39, 0.29) is 12.5 Å². The minimum absolute atomic E-state index is 0.000471. The van der Waals surface area contributed by atoms with E-state index in [1.165, 1.54) is 5.56 Å². The fourth-order valence-electron chi connectivity index (χ4n) is 4.82. The highest BCUT2D eigenvalue weighted by Gasteiger charge is 2.21. The summed E-state index contributed by atoms with van der Waals surface area (Å²) >= 11 is 0. The Bertz CT molecular complexity index is 1270. The van der Waals surface area contributed by atoms with E-state index in [1.807, 2.05) is 42.5 Å². The largest absolute Gasteiger partial charge is 0.480 e. The molecule has 0 aliphatic carbocycles. The summed E-state index contributed by atoms with van der Waals surface area (Å²) < 4.78 is 0. The number of aryl methyl sites for hydroxylation is 2. The SMILES string of the molecule is CN(C)C(=O)CN(CCCCc1ccc2c(n1)NCCC2)CCC(Nc1cc(-c2ccccc2)ccn1)C(=O)O. The van der Waals surface area contributed by atoms with E-state index >= 15 is 0 Å². The molecule has 0 fully saturated rings. The van der Waals surface area contributed by atoms with Crippen molar-refractivity contribution in [2.24, 2.45) is 0 Å². The van der Waals surface area contributed by atoms with E-state index in [0.29, 0.717) is 25.3 Å². The van der Waals surface area contributed by atoms with Crippen LogP contribution in [0.1, 0.15) is 36.9 Å². The maximum Gasteiger partial charge on any atom is 0.326 e. The molecule has 9 nitrogen and oxygen atoms in total. The first-order valence-electron chi connectivity index (χ1n) is 14.0. The van der Waals surface area contributed by atoms with Gasteiger partial charge in [0.15, 0.2) is 0 Å². The molecule has 1 aliphatic rings. The lowest BCUT2D eigenvalue weighted by atomic mass is 10.1. The molecule has 1 atom stereocenters. The first-order chi connectivity index (χ1) is 19.4. The Morgan fingerprint density at radius 3 is 2.65 bits per heavy atom. The summed E-state index contributed by atoms with van der Waals surface area (Å²) in [5.41, 5.74) is 4.36. The number of hydrogen-bond acceptors (Lipinski definition) is 7. The fraction of sp³-hybridized carbons (Fsp3) is 0.419. The number of rotatable bonds is 14. The molecule has 4 rings (SSSR count). The number of hydrogen-bond donors (Lipinski definition) is 3. The van der Waals surface area contributed by atoms with Crippen LogP contribution in [0.5, 0.6) is 0 Å². The summed E-state index contributed by atoms with van der Waals surface area (Å²) in [6, 6.07) is 17.1. The van der Waals surface area contributed by atoms with Crippen molar-refractivity contribution in [2.45, 2.75) is 44.6 Å². The Labute approximate surface area is 236 Å². The van der Waals surface area contributed by atoms with Crippen LogP contribution in [0.2, 0.25) is 0 Å². The number of pyridine rings is 2. The second-order valence-corrected chi connectivity index (χ2v) is 10.5. The molecule has 212 valence electrons. The molecule has 40 heavy (non-hydrogen) atoms. The number of aromatic nitrogens is 2. The molecule has 1 aromatic carbocycles. The minimum atomic E-state index is -0.946. The number of carboxylic acids is 1. The van der Waals surface area contributed by atoms with Crippen LogP contribution < -0.4 is 10.6 Å². The fourth-order valence-corrected chi connectivity index (χ4v) is 4.82. The third-order valence-corrected chi connectivity index (χ3v) is 7.19. The summed E-state index contributed by atoms with van der Waals surface area (Å²) in [4.78, 5) is 37.4. The summed E-state index contributed by atoms with van der Waals surface area (Å²) in [5.74, 6) is 0.576. The third kappa shape index (κ3) is 8.51. The number of unbranched alkanes of at least 4 members (excludes halogenated alkanes) is 1. The van der Waals surface area contributed by atoms with Crippen LogP contribution in [0.25, 0.3) is 11.1 Å². The van der Waals surface area contributed by atoms with Crippen molar-refractivity contribution in [3.8, 4) is 11.1 Å². The minimum Gasteiger partial charge on any atom is -0.480 e. The van der Waals surface area contributed by atoms with Gasteiger partial charge in [0.25, 0.3) is 0 Å². The Kier molecular flexibility index (Phi) is 10.5. The van der Waals surface area contributed by atoms with Crippen molar-refractivity contribution in [3.63, 3.8) is 0 Å². The summed E-state index contributed by atoms with van der Waals surface area (Å²) in [6.07, 6.45) is 6.93. The normalized spacial score (nSPS) is 13.3. The smallest absolute Gasteiger partial charge is 0.326 e. The van der Waals surface area contributed by atoms with E-state index in [4.69, 9.17) is 4.98 Å². The van der Waals surface area contributed by atoms with Crippen LogP contribution in [0, 0.1) is 0 Å². The Hall–Kier alpha value is -3.98. The van der Waals surface area contributed by atoms with Crippen molar-refractivity contribution in [1.29, 1.82) is 0 Å². The zero-order valence-corrected chi connectivity index (χ0v) is 23.5. The zero-order chi connectivity index (χ0) is 28.3. The average molecular weight is 545 g/mol. The molecule has 3 aromatic rings. The van der Waals surface area contributed by atoms with E-state index in [0.717, 1.165) is 61.3 Å². The Morgan fingerprint density at radius 1 is 1.05 bits per heavy atom. The van der Waals surface area contributed by atoms with E-state index < -0.39 is 12.0 Å². The van der Waals surface area contributed by atoms with Crippen LogP contribution >= 0.6 is 0 Å². The van der Waals surface area contributed by atoms with Gasteiger partial charge in [-0.3, -0.25) is 9.69 Å². The highest BCUT2D eigenvalue weighted by atomic mass is 16.4. The standard InChI is InChI=1S/C31H40N6O3/c1-36(2)29(38)22-37(19-7-6-12-26-14-13-24-11-8-17-33-30(24)34-26)20-16-27(31(39)40)35-28-21-25(15-18-32-28)23-9-4-3-5-10-23/h3-5,9-10,13-15,18,21,27H,6-8,11-12,16-17,19-20,22H2,1-2H3,(H,32,35)(H,33,34)(H,39,40). The summed E-state index contributed by atoms with van der Waals surface area (Å²) in [5, 5.41) is 16.4. The number of nitrogens with zero attached hydrogens (tertiary/aromatic N) is 4. The molecule has 0 spiro atoms. The van der Waals surface area contributed by atoms with Crippen molar-refractivity contribution in [2.75, 3.05) is 50.9 Å². The number of fused-ring (bicyclic) bond motifs is 1. The van der Waals surface area contributed by atoms with Crippen molar-refractivity contribution in [1.82, 2.24) is 19.8 Å². The highest BCUT2D eigenvalue weighted by molar-refractivity contribution is 5.78. The lowest BCUT2D eigenvalue weighted by molar-refractivity contribution is -0.138. The van der Waals surface area contributed by atoms with Gasteiger partial charge in [-0.1, -0.05) is 36.4 Å². The topological polar surface area (TPSA) is 111 Å². The van der Waals surface area contributed by atoms with Crippen LogP contribution in [0.4, 0.5) is 11.6 Å². The molecular weight excluding hydrogens is 504 g/mol. The van der Waals surface area contributed by atoms with Crippen molar-refractivity contribution >= 4 is 23.5 Å². The number of carbonyl (C=O) groups excluding carboxylic acids is 1. The molecule has 1 aliphatic heterocycles. The molecule has 9 heteroatoms. The number of amides is 1. The molecule has 1 amide bonds. The maximum atomic E-state index is 12.5. The number of likely N-dealkylation sites (N-methyl/N-ethyl adjacent to an activating group) is 1. The van der Waals surface area contributed by atoms with Gasteiger partial charge in [0.1, 0.15) is 17.7 Å². The molecule has 3 heterocycles. The molecule has 2 aromatic heterocycles. The highest BCUT2D eigenvalue weighted by Crippen LogP contribution is 2.22. The first-order valence-corrected chi connectivity index (χ1v) is 14.0. The number of nitrogens with one attached hydrogen (secondary N) is 2. The van der Waals surface area contributed by atoms with Crippen LogP contribution in [-0.4, -0.2) is 83.1 Å². The predicted molar refractivity (Wildman–Crippen MR) is 158 cm³/mol. The van der Waals surface area contributed by atoms with Gasteiger partial charge in [-0.25, -0.2) is 14.8 Å². The number of benzene rings is 1. The first kappa shape index (κ1) is 29.0. The Balaban J connectivity index is 1.33. The zero-order valence-electron chi connectivity index (χ0n) is 23.5. The monoisotopic (exact) mass is 544 g/mol. The molecule has 0 saturated carbocycles. The van der Waals surface area contributed by atoms with E-state index in [2.05, 4.69) is 32.7 Å². The van der Waals surface area contributed by atoms with E-state index in [1.54, 1.807) is 25.2 Å². The van der Waals surface area contributed by atoms with Gasteiger partial charge < -0.3 is 20.6 Å². The lowest BCUT2D eigenvalue weighted by Crippen LogP contribution is -2.40. The number of carbonyl (C=O) groups is 2. The molecule has 0 bridgehead atoms. The van der Waals surface area contributed by atoms with Gasteiger partial charge in [-0.2, -0.15) is 0 Å². The molecule has 1 unspecified atom stereocenters. The van der Waals surface area contributed by atoms with Gasteiger partial charge in [-0.15, -0.1) is 0 Å². The third-order valence-electron chi connectivity index (χ3n) is 7.19. The average Bonchev–Trinajstić information content (AvgIpc) is 2.97. The molecule has 0 radical (unpaired) electrons. The van der Waals surface area contributed by atoms with Crippen LogP contribution in [0.3, 0.4) is 0 Å². The van der Waals surface area contributed by atoms with Gasteiger partial charge in [0, 0.05) is 39.1 Å². The predicted octanol–water partition coefficient (Wildman–Crippen LogP) is 4.17. The molecule has 3 N–H and O–H groups in total. The quantitative estimate of drug-likeness (QED) is 0.260. The van der Waals surface area contributed by atoms with Crippen LogP contribution in [-0.2, 0) is 22.4 Å². The van der Waals surface area contributed by atoms with Crippen molar-refractivity contribution in [3.05, 3.63) is 72.1 Å². The second-order valence-electron chi connectivity index (χ2n) is 10.5. The van der Waals surface area contributed by atoms with Crippen molar-refractivity contribution < 1.29 is 14.7 Å². The second kappa shape index (κ2) is 14.4. The van der Waals surface area contributed by atoms with Gasteiger partial charge in [-0.05, 0) is 80.0 Å². The van der Waals surface area contributed by atoms with Crippen LogP contribution in [0.15, 0.2) is 60.8 Å².